The van der Waals surface area contributed by atoms with Gasteiger partial charge in [0.2, 0.25) is 0 Å². The molecule has 0 aliphatic heterocycles. The summed E-state index contributed by atoms with van der Waals surface area (Å²) in [5, 5.41) is 0. The number of rotatable bonds is 2. The average molecular weight is 266 g/mol. The van der Waals surface area contributed by atoms with Gasteiger partial charge in [-0.15, -0.1) is 0 Å². The van der Waals surface area contributed by atoms with E-state index >= 15 is 0 Å². The van der Waals surface area contributed by atoms with E-state index in [2.05, 4.69) is 22.7 Å². The summed E-state index contributed by atoms with van der Waals surface area (Å²) >= 11 is 0. The molecular formula is C17H15FN2. The molecule has 2 heterocycles. The van der Waals surface area contributed by atoms with Crippen molar-refractivity contribution in [3.05, 3.63) is 66.5 Å². The first kappa shape index (κ1) is 12.6. The van der Waals surface area contributed by atoms with Crippen LogP contribution in [-0.4, -0.2) is 9.55 Å². The standard InChI is InChI=1S/C17H15FN2/c1-12-17(14-3-5-15(18)6-4-14)16(11-20(12)2)13-7-9-19-10-8-13/h3-11H,1-2H3. The molecule has 0 aliphatic rings. The molecule has 2 nitrogen and oxygen atoms in total. The van der Waals surface area contributed by atoms with Crippen molar-refractivity contribution < 1.29 is 4.39 Å². The fourth-order valence-corrected chi connectivity index (χ4v) is 2.46. The number of hydrogen-bond donors (Lipinski definition) is 0. The van der Waals surface area contributed by atoms with Gasteiger partial charge in [-0.25, -0.2) is 4.39 Å². The Kier molecular flexibility index (Phi) is 3.11. The first-order valence-electron chi connectivity index (χ1n) is 6.49. The van der Waals surface area contributed by atoms with Gasteiger partial charge in [-0.05, 0) is 42.3 Å². The van der Waals surface area contributed by atoms with Crippen molar-refractivity contribution in [2.45, 2.75) is 6.92 Å². The van der Waals surface area contributed by atoms with Gasteiger partial charge in [0.1, 0.15) is 5.82 Å². The van der Waals surface area contributed by atoms with E-state index in [4.69, 9.17) is 0 Å². The largest absolute Gasteiger partial charge is 0.353 e. The molecule has 0 radical (unpaired) electrons. The van der Waals surface area contributed by atoms with Crippen molar-refractivity contribution in [1.29, 1.82) is 0 Å². The molecule has 0 amide bonds. The molecule has 0 bridgehead atoms. The average Bonchev–Trinajstić information content (AvgIpc) is 2.77. The monoisotopic (exact) mass is 266 g/mol. The molecular weight excluding hydrogens is 251 g/mol. The van der Waals surface area contributed by atoms with Crippen LogP contribution in [0.2, 0.25) is 0 Å². The Morgan fingerprint density at radius 2 is 1.60 bits per heavy atom. The predicted octanol–water partition coefficient (Wildman–Crippen LogP) is 4.20. The van der Waals surface area contributed by atoms with E-state index in [9.17, 15) is 4.39 Å². The molecule has 0 saturated heterocycles. The second kappa shape index (κ2) is 4.93. The van der Waals surface area contributed by atoms with Crippen LogP contribution in [0.15, 0.2) is 55.0 Å². The summed E-state index contributed by atoms with van der Waals surface area (Å²) in [4.78, 5) is 4.06. The van der Waals surface area contributed by atoms with Gasteiger partial charge in [0.25, 0.3) is 0 Å². The highest BCUT2D eigenvalue weighted by atomic mass is 19.1. The third kappa shape index (κ3) is 2.11. The van der Waals surface area contributed by atoms with Gasteiger partial charge in [-0.2, -0.15) is 0 Å². The molecule has 1 aromatic carbocycles. The molecule has 0 unspecified atom stereocenters. The van der Waals surface area contributed by atoms with E-state index in [0.717, 1.165) is 27.9 Å². The zero-order chi connectivity index (χ0) is 14.1. The third-order valence-electron chi connectivity index (χ3n) is 3.61. The van der Waals surface area contributed by atoms with Crippen molar-refractivity contribution in [2.75, 3.05) is 0 Å². The minimum Gasteiger partial charge on any atom is -0.353 e. The van der Waals surface area contributed by atoms with Crippen molar-refractivity contribution in [2.24, 2.45) is 7.05 Å². The topological polar surface area (TPSA) is 17.8 Å². The number of halogens is 1. The van der Waals surface area contributed by atoms with E-state index in [-0.39, 0.29) is 5.82 Å². The highest BCUT2D eigenvalue weighted by Gasteiger charge is 2.14. The maximum Gasteiger partial charge on any atom is 0.123 e. The minimum atomic E-state index is -0.215. The number of hydrogen-bond acceptors (Lipinski definition) is 1. The van der Waals surface area contributed by atoms with Gasteiger partial charge >= 0.3 is 0 Å². The van der Waals surface area contributed by atoms with Crippen LogP contribution in [0.3, 0.4) is 0 Å². The summed E-state index contributed by atoms with van der Waals surface area (Å²) in [5.41, 5.74) is 5.57. The molecule has 3 rings (SSSR count). The molecule has 0 spiro atoms. The first-order chi connectivity index (χ1) is 9.66. The van der Waals surface area contributed by atoms with Gasteiger partial charge in [0.05, 0.1) is 0 Å². The smallest absolute Gasteiger partial charge is 0.123 e. The molecule has 2 aromatic heterocycles. The Morgan fingerprint density at radius 1 is 0.950 bits per heavy atom. The van der Waals surface area contributed by atoms with Crippen LogP contribution in [0.1, 0.15) is 5.69 Å². The van der Waals surface area contributed by atoms with Crippen LogP contribution in [0.25, 0.3) is 22.3 Å². The summed E-state index contributed by atoms with van der Waals surface area (Å²) < 4.78 is 15.2. The van der Waals surface area contributed by atoms with Crippen LogP contribution in [0.5, 0.6) is 0 Å². The van der Waals surface area contributed by atoms with Crippen LogP contribution < -0.4 is 0 Å². The van der Waals surface area contributed by atoms with Crippen molar-refractivity contribution in [3.63, 3.8) is 0 Å². The minimum absolute atomic E-state index is 0.215. The summed E-state index contributed by atoms with van der Waals surface area (Å²) in [6, 6.07) is 10.6. The zero-order valence-corrected chi connectivity index (χ0v) is 11.5. The Labute approximate surface area is 117 Å². The number of pyridine rings is 1. The highest BCUT2D eigenvalue weighted by molar-refractivity contribution is 5.85. The van der Waals surface area contributed by atoms with E-state index in [1.165, 1.54) is 12.1 Å². The molecule has 20 heavy (non-hydrogen) atoms. The lowest BCUT2D eigenvalue weighted by Gasteiger charge is -2.06. The molecule has 3 aromatic rings. The number of nitrogens with zero attached hydrogens (tertiary/aromatic N) is 2. The fraction of sp³-hybridized carbons (Fsp3) is 0.118. The van der Waals surface area contributed by atoms with E-state index in [1.54, 1.807) is 12.4 Å². The number of aryl methyl sites for hydroxylation is 1. The SMILES string of the molecule is Cc1c(-c2ccc(F)cc2)c(-c2ccncc2)cn1C. The summed E-state index contributed by atoms with van der Waals surface area (Å²) in [6.45, 7) is 2.07. The Balaban J connectivity index is 2.22. The quantitative estimate of drug-likeness (QED) is 0.679. The van der Waals surface area contributed by atoms with E-state index in [1.807, 2.05) is 31.3 Å². The summed E-state index contributed by atoms with van der Waals surface area (Å²) in [5.74, 6) is -0.215. The second-order valence-corrected chi connectivity index (χ2v) is 4.86. The van der Waals surface area contributed by atoms with Gasteiger partial charge in [-0.3, -0.25) is 4.98 Å². The summed E-state index contributed by atoms with van der Waals surface area (Å²) in [6.07, 6.45) is 5.67. The molecule has 0 fully saturated rings. The van der Waals surface area contributed by atoms with Gasteiger partial charge in [0, 0.05) is 42.5 Å². The summed E-state index contributed by atoms with van der Waals surface area (Å²) in [7, 11) is 2.02. The molecule has 3 heteroatoms. The molecule has 0 saturated carbocycles. The van der Waals surface area contributed by atoms with Crippen LogP contribution >= 0.6 is 0 Å². The van der Waals surface area contributed by atoms with Crippen LogP contribution in [0.4, 0.5) is 4.39 Å². The lowest BCUT2D eigenvalue weighted by atomic mass is 9.98. The van der Waals surface area contributed by atoms with Crippen molar-refractivity contribution >= 4 is 0 Å². The number of aromatic nitrogens is 2. The Morgan fingerprint density at radius 3 is 2.25 bits per heavy atom. The van der Waals surface area contributed by atoms with Crippen molar-refractivity contribution in [3.8, 4) is 22.3 Å². The maximum absolute atomic E-state index is 13.1. The van der Waals surface area contributed by atoms with Crippen LogP contribution in [0, 0.1) is 12.7 Å². The maximum atomic E-state index is 13.1. The van der Waals surface area contributed by atoms with Gasteiger partial charge in [-0.1, -0.05) is 12.1 Å². The third-order valence-corrected chi connectivity index (χ3v) is 3.61. The Hall–Kier alpha value is -2.42. The van der Waals surface area contributed by atoms with Gasteiger partial charge < -0.3 is 4.57 Å². The molecule has 0 N–H and O–H groups in total. The Bertz CT molecular complexity index is 728. The number of benzene rings is 1. The van der Waals surface area contributed by atoms with Gasteiger partial charge in [0.15, 0.2) is 0 Å². The fourth-order valence-electron chi connectivity index (χ4n) is 2.46. The van der Waals surface area contributed by atoms with E-state index in [0.29, 0.717) is 0 Å². The first-order valence-corrected chi connectivity index (χ1v) is 6.49. The molecule has 100 valence electrons. The highest BCUT2D eigenvalue weighted by Crippen LogP contribution is 2.35. The molecule has 0 atom stereocenters. The molecule has 0 aliphatic carbocycles. The van der Waals surface area contributed by atoms with Crippen LogP contribution in [-0.2, 0) is 7.05 Å². The zero-order valence-electron chi connectivity index (χ0n) is 11.5. The second-order valence-electron chi connectivity index (χ2n) is 4.86. The normalized spacial score (nSPS) is 10.8. The lowest BCUT2D eigenvalue weighted by Crippen LogP contribution is -1.89. The lowest BCUT2D eigenvalue weighted by molar-refractivity contribution is 0.628. The van der Waals surface area contributed by atoms with Crippen molar-refractivity contribution in [1.82, 2.24) is 9.55 Å². The van der Waals surface area contributed by atoms with E-state index < -0.39 is 0 Å². The predicted molar refractivity (Wildman–Crippen MR) is 78.8 cm³/mol.